The van der Waals surface area contributed by atoms with Gasteiger partial charge in [0, 0.05) is 30.3 Å². The number of sulfonamides is 1. The zero-order valence-electron chi connectivity index (χ0n) is 23.0. The molecule has 2 bridgehead atoms. The molecule has 4 aliphatic rings. The first-order valence-corrected chi connectivity index (χ1v) is 15.0. The molecule has 3 aliphatic carbocycles. The van der Waals surface area contributed by atoms with E-state index in [1.165, 1.54) is 28.6 Å². The average Bonchev–Trinajstić information content (AvgIpc) is 3.16. The molecule has 13 heteroatoms. The summed E-state index contributed by atoms with van der Waals surface area (Å²) in [5.41, 5.74) is -2.54. The van der Waals surface area contributed by atoms with Crippen molar-refractivity contribution in [2.75, 3.05) is 0 Å². The number of Topliss-reactive ketones (excluding diaryl/α,β-unsaturated/α-hetero) is 1. The fourth-order valence-electron chi connectivity index (χ4n) is 6.48. The van der Waals surface area contributed by atoms with Crippen LogP contribution >= 0.6 is 0 Å². The van der Waals surface area contributed by atoms with Gasteiger partial charge in [0.05, 0.1) is 16.0 Å². The summed E-state index contributed by atoms with van der Waals surface area (Å²) in [5, 5.41) is 3.28. The number of carbonyl (C=O) groups excluding carboxylic acids is 1. The molecule has 42 heavy (non-hydrogen) atoms. The van der Waals surface area contributed by atoms with Gasteiger partial charge in [0.1, 0.15) is 11.9 Å². The molecule has 0 saturated heterocycles. The number of halogens is 6. The van der Waals surface area contributed by atoms with Crippen molar-refractivity contribution in [3.63, 3.8) is 0 Å². The van der Waals surface area contributed by atoms with E-state index in [9.17, 15) is 39.6 Å². The smallest absolute Gasteiger partial charge is 0.366 e. The molecule has 6 rings (SSSR count). The molecule has 1 atom stereocenters. The highest BCUT2D eigenvalue weighted by Crippen LogP contribution is 2.71. The molecule has 3 saturated carbocycles. The Labute approximate surface area is 240 Å². The molecule has 0 radical (unpaired) electrons. The number of carbonyl (C=O) groups is 1. The van der Waals surface area contributed by atoms with Crippen LogP contribution < -0.4 is 5.32 Å². The second-order valence-corrected chi connectivity index (χ2v) is 14.1. The third-order valence-corrected chi connectivity index (χ3v) is 10.5. The first kappa shape index (κ1) is 30.5. The highest BCUT2D eigenvalue weighted by Gasteiger charge is 2.75. The van der Waals surface area contributed by atoms with Crippen molar-refractivity contribution in [2.45, 2.75) is 93.3 Å². The van der Waals surface area contributed by atoms with Gasteiger partial charge in [0.25, 0.3) is 0 Å². The van der Waals surface area contributed by atoms with E-state index in [1.807, 2.05) is 0 Å². The van der Waals surface area contributed by atoms with Crippen LogP contribution in [0.3, 0.4) is 0 Å². The lowest BCUT2D eigenvalue weighted by atomic mass is 9.38. The summed E-state index contributed by atoms with van der Waals surface area (Å²) < 4.78 is 106. The Morgan fingerprint density at radius 2 is 1.57 bits per heavy atom. The third-order valence-electron chi connectivity index (χ3n) is 8.54. The Morgan fingerprint density at radius 1 is 0.976 bits per heavy atom. The molecule has 0 spiro atoms. The lowest BCUT2D eigenvalue weighted by Gasteiger charge is -2.73. The van der Waals surface area contributed by atoms with E-state index in [0.29, 0.717) is 30.7 Å². The van der Waals surface area contributed by atoms with Gasteiger partial charge in [-0.25, -0.2) is 8.42 Å². The largest absolute Gasteiger partial charge is 0.416 e. The standard InChI is InChI=1S/C29H31F6N3O3S/c1-25(2)23(22(39)9-6-14-28(30,31)32)36-24(37-25)26-16-27(17-26,18-26)38(42(40,41)21-7-4-3-5-8-21)15-19-10-12-20(13-11-19)29(33,34)35/h3-5,7-8,10-13,23H,6,9,14-18H2,1-2H3,(H,36,37)/t23-,26?,27?/m0/s1. The summed E-state index contributed by atoms with van der Waals surface area (Å²) in [6.07, 6.45) is -9.30. The SMILES string of the molecule is CC1(C)NC(C23CC(N(Cc4ccc(C(F)(F)F)cc4)S(=O)(=O)c4ccccc4)(C2)C3)=N[C@H]1C(=O)CCCC(F)(F)F. The number of nitrogens with zero attached hydrogens (tertiary/aromatic N) is 2. The van der Waals surface area contributed by atoms with Crippen LogP contribution in [-0.4, -0.2) is 47.6 Å². The van der Waals surface area contributed by atoms with Crippen LogP contribution in [0.15, 0.2) is 64.5 Å². The van der Waals surface area contributed by atoms with Gasteiger partial charge >= 0.3 is 12.4 Å². The molecule has 1 N–H and O–H groups in total. The number of rotatable bonds is 10. The highest BCUT2D eigenvalue weighted by molar-refractivity contribution is 7.89. The fraction of sp³-hybridized carbons (Fsp3) is 0.517. The van der Waals surface area contributed by atoms with Crippen LogP contribution in [0.25, 0.3) is 0 Å². The van der Waals surface area contributed by atoms with Crippen molar-refractivity contribution < 1.29 is 39.6 Å². The fourth-order valence-corrected chi connectivity index (χ4v) is 8.26. The maximum absolute atomic E-state index is 13.8. The minimum atomic E-state index is -4.52. The quantitative estimate of drug-likeness (QED) is 0.320. The van der Waals surface area contributed by atoms with Crippen LogP contribution in [0.4, 0.5) is 26.3 Å². The number of hydrogen-bond acceptors (Lipinski definition) is 5. The van der Waals surface area contributed by atoms with E-state index in [-0.39, 0.29) is 30.1 Å². The minimum absolute atomic E-state index is 0.0673. The van der Waals surface area contributed by atoms with Crippen molar-refractivity contribution in [1.82, 2.24) is 9.62 Å². The molecular formula is C29H31F6N3O3S. The van der Waals surface area contributed by atoms with E-state index in [4.69, 9.17) is 0 Å². The second kappa shape index (κ2) is 10.1. The van der Waals surface area contributed by atoms with Gasteiger partial charge in [-0.05, 0) is 69.4 Å². The topological polar surface area (TPSA) is 78.8 Å². The first-order valence-electron chi connectivity index (χ1n) is 13.6. The summed E-state index contributed by atoms with van der Waals surface area (Å²) in [5.74, 6) is 0.166. The number of alkyl halides is 6. The second-order valence-electron chi connectivity index (χ2n) is 12.2. The molecule has 228 valence electrons. The van der Waals surface area contributed by atoms with E-state index >= 15 is 0 Å². The van der Waals surface area contributed by atoms with Gasteiger partial charge < -0.3 is 5.32 Å². The minimum Gasteiger partial charge on any atom is -0.366 e. The molecular weight excluding hydrogens is 584 g/mol. The Morgan fingerprint density at radius 3 is 2.12 bits per heavy atom. The zero-order valence-corrected chi connectivity index (χ0v) is 23.8. The Balaban J connectivity index is 1.36. The summed E-state index contributed by atoms with van der Waals surface area (Å²) in [6, 6.07) is 11.4. The summed E-state index contributed by atoms with van der Waals surface area (Å²) in [4.78, 5) is 17.5. The normalized spacial score (nSPS) is 26.7. The Kier molecular flexibility index (Phi) is 7.32. The van der Waals surface area contributed by atoms with Crippen molar-refractivity contribution >= 4 is 21.6 Å². The van der Waals surface area contributed by atoms with Crippen LogP contribution in [0.5, 0.6) is 0 Å². The van der Waals surface area contributed by atoms with Crippen molar-refractivity contribution in [1.29, 1.82) is 0 Å². The van der Waals surface area contributed by atoms with Gasteiger partial charge in [0.15, 0.2) is 5.78 Å². The van der Waals surface area contributed by atoms with Crippen LogP contribution in [0.2, 0.25) is 0 Å². The van der Waals surface area contributed by atoms with Crippen molar-refractivity contribution in [2.24, 2.45) is 10.4 Å². The lowest BCUT2D eigenvalue weighted by molar-refractivity contribution is -0.151. The molecule has 0 unspecified atom stereocenters. The molecule has 0 amide bonds. The van der Waals surface area contributed by atoms with E-state index in [2.05, 4.69) is 10.3 Å². The molecule has 1 aliphatic heterocycles. The van der Waals surface area contributed by atoms with E-state index < -0.39 is 56.9 Å². The number of nitrogens with one attached hydrogen (secondary N) is 1. The molecule has 1 heterocycles. The number of benzene rings is 2. The van der Waals surface area contributed by atoms with Crippen molar-refractivity contribution in [3.05, 3.63) is 65.7 Å². The predicted molar refractivity (Wildman–Crippen MR) is 143 cm³/mol. The van der Waals surface area contributed by atoms with Gasteiger partial charge in [-0.3, -0.25) is 9.79 Å². The molecule has 6 nitrogen and oxygen atoms in total. The monoisotopic (exact) mass is 615 g/mol. The number of amidine groups is 1. The highest BCUT2D eigenvalue weighted by atomic mass is 32.2. The van der Waals surface area contributed by atoms with E-state index in [0.717, 1.165) is 12.1 Å². The van der Waals surface area contributed by atoms with Crippen LogP contribution in [0, 0.1) is 5.41 Å². The number of aliphatic imine (C=N–C) groups is 1. The summed E-state index contributed by atoms with van der Waals surface area (Å²) >= 11 is 0. The van der Waals surface area contributed by atoms with Gasteiger partial charge in [-0.15, -0.1) is 0 Å². The van der Waals surface area contributed by atoms with Crippen LogP contribution in [-0.2, 0) is 27.5 Å². The third kappa shape index (κ3) is 5.57. The summed E-state index contributed by atoms with van der Waals surface area (Å²) in [7, 11) is -4.03. The maximum Gasteiger partial charge on any atom is 0.416 e. The zero-order chi connectivity index (χ0) is 30.8. The van der Waals surface area contributed by atoms with Crippen LogP contribution in [0.1, 0.15) is 63.5 Å². The molecule has 3 fully saturated rings. The molecule has 2 aromatic rings. The van der Waals surface area contributed by atoms with E-state index in [1.54, 1.807) is 32.0 Å². The number of ketones is 1. The Hall–Kier alpha value is -2.93. The lowest BCUT2D eigenvalue weighted by Crippen LogP contribution is -2.78. The number of hydrogen-bond donors (Lipinski definition) is 1. The van der Waals surface area contributed by atoms with Gasteiger partial charge in [-0.1, -0.05) is 30.3 Å². The Bertz CT molecular complexity index is 1470. The van der Waals surface area contributed by atoms with Gasteiger partial charge in [-0.2, -0.15) is 30.6 Å². The maximum atomic E-state index is 13.8. The predicted octanol–water partition coefficient (Wildman–Crippen LogP) is 6.27. The average molecular weight is 616 g/mol. The molecule has 2 aromatic carbocycles. The van der Waals surface area contributed by atoms with Gasteiger partial charge in [0.2, 0.25) is 10.0 Å². The van der Waals surface area contributed by atoms with Crippen molar-refractivity contribution in [3.8, 4) is 0 Å². The summed E-state index contributed by atoms with van der Waals surface area (Å²) in [6.45, 7) is 3.39. The first-order chi connectivity index (χ1) is 19.4. The molecule has 0 aromatic heterocycles.